The van der Waals surface area contributed by atoms with Gasteiger partial charge in [-0.15, -0.1) is 0 Å². The topological polar surface area (TPSA) is 510 Å². The van der Waals surface area contributed by atoms with E-state index in [9.17, 15) is 76.6 Å². The van der Waals surface area contributed by atoms with Gasteiger partial charge in [0, 0.05) is 78.8 Å². The number of rotatable bonds is 34. The Hall–Kier alpha value is -10.5. The van der Waals surface area contributed by atoms with Crippen LogP contribution in [-0.2, 0) is 122 Å². The molecule has 2 aliphatic rings. The summed E-state index contributed by atoms with van der Waals surface area (Å²) in [6.07, 6.45) is -6.80. The first-order valence-corrected chi connectivity index (χ1v) is 38.1. The minimum absolute atomic E-state index is 0.0187. The van der Waals surface area contributed by atoms with Gasteiger partial charge in [0.2, 0.25) is 47.3 Å². The molecule has 1 unspecified atom stereocenters. The first-order valence-electron chi connectivity index (χ1n) is 36.6. The number of nitrogens with one attached hydrogen (secondary N) is 8. The Morgan fingerprint density at radius 2 is 1.35 bits per heavy atom. The van der Waals surface area contributed by atoms with Crippen LogP contribution in [0.5, 0.6) is 0 Å². The molecule has 14 atom stereocenters. The second kappa shape index (κ2) is 44.6. The molecule has 2 aromatic rings. The number of nitrogens with zero attached hydrogens (tertiary/aromatic N) is 4. The summed E-state index contributed by atoms with van der Waals surface area (Å²) in [5.41, 5.74) is 5.54. The van der Waals surface area contributed by atoms with Crippen molar-refractivity contribution in [3.05, 3.63) is 90.2 Å². The van der Waals surface area contributed by atoms with Crippen molar-refractivity contribution in [3.63, 3.8) is 0 Å². The van der Waals surface area contributed by atoms with Crippen molar-refractivity contribution >= 4 is 108 Å². The van der Waals surface area contributed by atoms with E-state index in [-0.39, 0.29) is 69.7 Å². The van der Waals surface area contributed by atoms with Crippen LogP contribution in [0.15, 0.2) is 79.0 Å². The quantitative estimate of drug-likeness (QED) is 0.0113. The largest absolute Gasteiger partial charge is 0.472 e. The summed E-state index contributed by atoms with van der Waals surface area (Å²) < 4.78 is 54.1. The molecule has 39 heteroatoms. The monoisotopic (exact) mass is 1610 g/mol. The van der Waals surface area contributed by atoms with Gasteiger partial charge in [0.1, 0.15) is 54.2 Å². The SMILES string of the molecule is C=C1C(=O)N[C@@H](C)C(=O)N(C)[C@@H](C)C(=O)N[C@@H]([C@H](OC(=O)[C@@H](NC(=O)CC)[C@H](OP(=O)(O)OCc2ccc(NC(=O)[C@H](CCCNC(N)=O)NC(=O)[C@@H](NC(=O)CCOCCN3C(=O)C=CC3=O)C(C)C)cc2)C(C)C)C(C)C)C(=O)N(C)[C@@H]([C@@H](C)OC)C(=O)O[C@H](C)[C@H](NC(C)=O)C(=O)O[C@H](Cc2ccccc2)C(=O)N1C. The van der Waals surface area contributed by atoms with Crippen molar-refractivity contribution in [2.24, 2.45) is 23.5 Å². The van der Waals surface area contributed by atoms with E-state index >= 15 is 9.59 Å². The fourth-order valence-electron chi connectivity index (χ4n) is 11.4. The highest BCUT2D eigenvalue weighted by Crippen LogP contribution is 2.47. The molecule has 0 aliphatic carbocycles. The molecule has 14 amide bonds. The van der Waals surface area contributed by atoms with Gasteiger partial charge in [0.15, 0.2) is 24.2 Å². The molecule has 38 nitrogen and oxygen atoms in total. The molecule has 2 aliphatic heterocycles. The highest BCUT2D eigenvalue weighted by atomic mass is 31.2. The molecular weight excluding hydrogens is 1500 g/mol. The zero-order valence-corrected chi connectivity index (χ0v) is 67.3. The summed E-state index contributed by atoms with van der Waals surface area (Å²) in [4.78, 5) is 234. The predicted octanol–water partition coefficient (Wildman–Crippen LogP) is 0.427. The Morgan fingerprint density at radius 3 is 1.91 bits per heavy atom. The predicted molar refractivity (Wildman–Crippen MR) is 403 cm³/mol. The van der Waals surface area contributed by atoms with Gasteiger partial charge in [-0.25, -0.2) is 23.7 Å². The molecule has 0 bridgehead atoms. The number of imide groups is 1. The molecule has 0 aromatic heterocycles. The lowest BCUT2D eigenvalue weighted by molar-refractivity contribution is -0.174. The van der Waals surface area contributed by atoms with Gasteiger partial charge >= 0.3 is 31.8 Å². The van der Waals surface area contributed by atoms with E-state index in [0.717, 1.165) is 52.8 Å². The number of hydrogen-bond donors (Lipinski definition) is 10. The summed E-state index contributed by atoms with van der Waals surface area (Å²) >= 11 is 0. The first kappa shape index (κ1) is 94.8. The molecule has 113 heavy (non-hydrogen) atoms. The maximum Gasteiger partial charge on any atom is 0.472 e. The van der Waals surface area contributed by atoms with Crippen molar-refractivity contribution in [2.45, 2.75) is 201 Å². The van der Waals surface area contributed by atoms with Crippen molar-refractivity contribution < 1.29 is 119 Å². The van der Waals surface area contributed by atoms with E-state index in [1.54, 1.807) is 44.2 Å². The van der Waals surface area contributed by atoms with Crippen LogP contribution in [-0.4, -0.2) is 253 Å². The highest BCUT2D eigenvalue weighted by Gasteiger charge is 2.48. The molecule has 1 saturated heterocycles. The van der Waals surface area contributed by atoms with Crippen LogP contribution in [0.1, 0.15) is 120 Å². The van der Waals surface area contributed by atoms with Crippen LogP contribution in [0, 0.1) is 17.8 Å². The average Bonchev–Trinajstić information content (AvgIpc) is 1.23. The third-order valence-corrected chi connectivity index (χ3v) is 19.2. The highest BCUT2D eigenvalue weighted by molar-refractivity contribution is 7.47. The number of esters is 3. The van der Waals surface area contributed by atoms with E-state index in [4.69, 9.17) is 38.5 Å². The summed E-state index contributed by atoms with van der Waals surface area (Å²) in [6.45, 7) is 19.6. The van der Waals surface area contributed by atoms with E-state index in [1.807, 2.05) is 0 Å². The Morgan fingerprint density at radius 1 is 0.726 bits per heavy atom. The summed E-state index contributed by atoms with van der Waals surface area (Å²) in [5, 5.41) is 20.2. The minimum atomic E-state index is -5.34. The van der Waals surface area contributed by atoms with E-state index in [2.05, 4.69) is 49.1 Å². The van der Waals surface area contributed by atoms with Gasteiger partial charge in [-0.2, -0.15) is 0 Å². The maximum atomic E-state index is 15.5. The number of primary amides is 1. The first-order chi connectivity index (χ1) is 52.9. The average molecular weight is 1610 g/mol. The minimum Gasteiger partial charge on any atom is -0.458 e. The Labute approximate surface area is 655 Å². The van der Waals surface area contributed by atoms with Crippen LogP contribution in [0.25, 0.3) is 0 Å². The molecular formula is C74H108N13O25P. The van der Waals surface area contributed by atoms with Crippen LogP contribution in [0.4, 0.5) is 10.5 Å². The van der Waals surface area contributed by atoms with Gasteiger partial charge in [0.05, 0.1) is 32.5 Å². The standard InChI is InChI=1S/C74H108N13O25P/c1-18-53(89)81-60(63(41(6)7)112-113(104,105)108-38-49-26-28-50(29-27-49)79-66(95)51(25-22-33-76-74(75)103)80-67(96)57(39(2)3)82-54(90)32-35-107-36-34-87-55(91)30-31-56(87)92)72(101)111-62(40(4)5)59-70(99)86(16)61(46(12)106-17)73(102)109-45(11)58(78-47(13)88)71(100)110-52(37-48-23-20-19-21-24-48)69(98)85(15)43(9)64(93)77-42(8)68(97)84(14)44(10)65(94)83-59/h19-21,23-24,26-31,39-42,44-46,51-52,57-63H,9,18,22,25,32-38H2,1-8,10-17H3,(H,77,93)(H,78,88)(H,79,95)(H,80,96)(H,81,89)(H,82,90)(H,83,94)(H,104,105)(H3,75,76,103)/t42-,44-,45+,46+,51-,52+,57-,58-,59-,60-,61-,62+,63+/m0/s1. The number of carbonyl (C=O) groups excluding carboxylic acids is 16. The lowest BCUT2D eigenvalue weighted by atomic mass is 9.95. The fraction of sp³-hybridized carbons (Fsp3) is 0.568. The number of urea groups is 1. The lowest BCUT2D eigenvalue weighted by Crippen LogP contribution is -2.64. The number of anilines is 1. The van der Waals surface area contributed by atoms with Crippen LogP contribution >= 0.6 is 7.82 Å². The molecule has 2 heterocycles. The number of likely N-dealkylation sites (N-methyl/N-ethyl adjacent to an activating group) is 3. The molecule has 0 saturated carbocycles. The van der Waals surface area contributed by atoms with Crippen LogP contribution in [0.2, 0.25) is 0 Å². The van der Waals surface area contributed by atoms with Gasteiger partial charge in [-0.3, -0.25) is 71.5 Å². The van der Waals surface area contributed by atoms with Gasteiger partial charge in [-0.05, 0) is 81.5 Å². The van der Waals surface area contributed by atoms with Gasteiger partial charge in [-0.1, -0.05) is 97.5 Å². The Bertz CT molecular complexity index is 3830. The van der Waals surface area contributed by atoms with Crippen molar-refractivity contribution in [3.8, 4) is 0 Å². The van der Waals surface area contributed by atoms with Gasteiger partial charge < -0.3 is 91.5 Å². The molecule has 1 fully saturated rings. The Balaban J connectivity index is 1.66. The number of methoxy groups -OCH3 is 1. The normalized spacial score (nSPS) is 21.4. The number of ether oxygens (including phenoxy) is 5. The number of hydrogen-bond acceptors (Lipinski definition) is 24. The number of carbonyl (C=O) groups is 16. The number of nitrogens with two attached hydrogens (primary N) is 1. The van der Waals surface area contributed by atoms with Crippen molar-refractivity contribution in [1.82, 2.24) is 56.8 Å². The zero-order valence-electron chi connectivity index (χ0n) is 66.4. The molecule has 0 radical (unpaired) electrons. The third kappa shape index (κ3) is 28.9. The molecule has 0 spiro atoms. The van der Waals surface area contributed by atoms with Crippen LogP contribution in [0.3, 0.4) is 0 Å². The summed E-state index contributed by atoms with van der Waals surface area (Å²) in [6, 6.07) is -0.272. The molecule has 624 valence electrons. The van der Waals surface area contributed by atoms with E-state index in [1.165, 1.54) is 101 Å². The zero-order chi connectivity index (χ0) is 85.0. The van der Waals surface area contributed by atoms with E-state index in [0.29, 0.717) is 5.56 Å². The third-order valence-electron chi connectivity index (χ3n) is 18.3. The Kier molecular flexibility index (Phi) is 37.5. The number of amides is 14. The number of phosphoric ester groups is 1. The second-order valence-electron chi connectivity index (χ2n) is 28.0. The molecule has 11 N–H and O–H groups in total. The summed E-state index contributed by atoms with van der Waals surface area (Å²) in [7, 11) is -0.727. The number of benzene rings is 2. The van der Waals surface area contributed by atoms with Crippen molar-refractivity contribution in [2.75, 3.05) is 59.9 Å². The van der Waals surface area contributed by atoms with E-state index < -0.39 is 212 Å². The molecule has 4 rings (SSSR count). The van der Waals surface area contributed by atoms with Gasteiger partial charge in [0.25, 0.3) is 23.6 Å². The van der Waals surface area contributed by atoms with Crippen molar-refractivity contribution in [1.29, 1.82) is 0 Å². The second-order valence-corrected chi connectivity index (χ2v) is 29.4. The number of phosphoric acid groups is 1. The lowest BCUT2D eigenvalue weighted by Gasteiger charge is -2.38. The van der Waals surface area contributed by atoms with Crippen LogP contribution < -0.4 is 48.3 Å². The smallest absolute Gasteiger partial charge is 0.458 e. The molecule has 2 aromatic carbocycles. The number of cyclic esters (lactones) is 2. The maximum absolute atomic E-state index is 15.5. The summed E-state index contributed by atoms with van der Waals surface area (Å²) in [5.74, 6) is -16.4. The fourth-order valence-corrected chi connectivity index (χ4v) is 12.5.